The first-order valence-corrected chi connectivity index (χ1v) is 12.6. The first-order chi connectivity index (χ1) is 16.6. The summed E-state index contributed by atoms with van der Waals surface area (Å²) < 4.78 is 6.09. The number of benzene rings is 4. The predicted octanol–water partition coefficient (Wildman–Crippen LogP) is 7.88. The number of halogens is 1. The van der Waals surface area contributed by atoms with Crippen LogP contribution in [0.4, 0.5) is 5.69 Å². The van der Waals surface area contributed by atoms with Gasteiger partial charge in [0.1, 0.15) is 12.4 Å². The van der Waals surface area contributed by atoms with Crippen molar-refractivity contribution < 1.29 is 9.53 Å². The summed E-state index contributed by atoms with van der Waals surface area (Å²) in [5, 5.41) is 3.50. The normalized spacial score (nSPS) is 10.6. The average Bonchev–Trinajstić information content (AvgIpc) is 2.85. The van der Waals surface area contributed by atoms with E-state index in [0.29, 0.717) is 23.7 Å². The lowest BCUT2D eigenvalue weighted by Gasteiger charge is -2.14. The highest BCUT2D eigenvalue weighted by Gasteiger charge is 2.12. The Morgan fingerprint density at radius 1 is 0.853 bits per heavy atom. The topological polar surface area (TPSA) is 38.3 Å². The minimum absolute atomic E-state index is 0.0775. The van der Waals surface area contributed by atoms with E-state index in [1.54, 1.807) is 17.8 Å². The fourth-order valence-electron chi connectivity index (χ4n) is 3.62. The summed E-state index contributed by atoms with van der Waals surface area (Å²) in [4.78, 5) is 13.8. The van der Waals surface area contributed by atoms with Gasteiger partial charge in [-0.1, -0.05) is 85.3 Å². The van der Waals surface area contributed by atoms with Gasteiger partial charge in [0.2, 0.25) is 5.91 Å². The Labute approximate surface area is 210 Å². The molecule has 1 amide bonds. The Morgan fingerprint density at radius 2 is 1.59 bits per heavy atom. The van der Waals surface area contributed by atoms with Gasteiger partial charge >= 0.3 is 0 Å². The van der Waals surface area contributed by atoms with Crippen LogP contribution in [0.2, 0.25) is 5.02 Å². The quantitative estimate of drug-likeness (QED) is 0.244. The second kappa shape index (κ2) is 11.8. The summed E-state index contributed by atoms with van der Waals surface area (Å²) in [6.07, 6.45) is 0.312. The van der Waals surface area contributed by atoms with Gasteiger partial charge in [-0.25, -0.2) is 0 Å². The molecule has 0 aliphatic heterocycles. The Morgan fingerprint density at radius 3 is 2.32 bits per heavy atom. The summed E-state index contributed by atoms with van der Waals surface area (Å²) in [6.45, 7) is 2.60. The first-order valence-electron chi connectivity index (χ1n) is 11.2. The van der Waals surface area contributed by atoms with Gasteiger partial charge in [0.05, 0.1) is 11.4 Å². The van der Waals surface area contributed by atoms with Crippen molar-refractivity contribution >= 4 is 35.0 Å². The molecule has 0 unspecified atom stereocenters. The summed E-state index contributed by atoms with van der Waals surface area (Å²) in [7, 11) is 0. The molecule has 4 aromatic rings. The van der Waals surface area contributed by atoms with Crippen LogP contribution in [-0.4, -0.2) is 11.7 Å². The summed E-state index contributed by atoms with van der Waals surface area (Å²) in [5.41, 5.74) is 4.50. The van der Waals surface area contributed by atoms with Gasteiger partial charge in [-0.05, 0) is 47.2 Å². The number of carbonyl (C=O) groups is 1. The number of hydrogen-bond donors (Lipinski definition) is 1. The fraction of sp³-hybridized carbons (Fsp3) is 0.138. The Kier molecular flexibility index (Phi) is 8.29. The number of ether oxygens (including phenoxy) is 1. The lowest BCUT2D eigenvalue weighted by atomic mass is 10.0. The lowest BCUT2D eigenvalue weighted by Crippen LogP contribution is -2.14. The van der Waals surface area contributed by atoms with Crippen LogP contribution >= 0.6 is 23.4 Å². The van der Waals surface area contributed by atoms with Crippen LogP contribution in [0.1, 0.15) is 18.1 Å². The molecule has 0 saturated heterocycles. The van der Waals surface area contributed by atoms with E-state index < -0.39 is 0 Å². The van der Waals surface area contributed by atoms with Gasteiger partial charge in [-0.15, -0.1) is 11.8 Å². The number of para-hydroxylation sites is 1. The van der Waals surface area contributed by atoms with Crippen molar-refractivity contribution in [1.82, 2.24) is 0 Å². The third-order valence-electron chi connectivity index (χ3n) is 5.27. The summed E-state index contributed by atoms with van der Waals surface area (Å²) in [6, 6.07) is 31.5. The second-order valence-electron chi connectivity index (χ2n) is 7.77. The van der Waals surface area contributed by atoms with E-state index in [1.165, 1.54) is 4.90 Å². The van der Waals surface area contributed by atoms with E-state index in [4.69, 9.17) is 16.3 Å². The number of thioether (sulfide) groups is 1. The molecule has 0 aliphatic rings. The van der Waals surface area contributed by atoms with Crippen molar-refractivity contribution in [3.05, 3.63) is 113 Å². The van der Waals surface area contributed by atoms with E-state index in [9.17, 15) is 4.79 Å². The lowest BCUT2D eigenvalue weighted by molar-refractivity contribution is -0.115. The number of hydrogen-bond acceptors (Lipinski definition) is 3. The molecule has 3 nitrogen and oxygen atoms in total. The SMILES string of the molecule is CCSc1ccc(CC(=O)Nc2ccc(-c3ccccc3OCc3ccccc3)c(Cl)c2)cc1. The molecule has 0 spiro atoms. The van der Waals surface area contributed by atoms with Crippen LogP contribution in [-0.2, 0) is 17.8 Å². The number of carbonyl (C=O) groups excluding carboxylic acids is 1. The van der Waals surface area contributed by atoms with Crippen LogP contribution in [0, 0.1) is 0 Å². The van der Waals surface area contributed by atoms with E-state index in [0.717, 1.165) is 33.8 Å². The number of nitrogens with one attached hydrogen (secondary N) is 1. The van der Waals surface area contributed by atoms with Gasteiger partial charge < -0.3 is 10.1 Å². The molecule has 0 heterocycles. The Balaban J connectivity index is 1.43. The number of amides is 1. The minimum Gasteiger partial charge on any atom is -0.488 e. The summed E-state index contributed by atoms with van der Waals surface area (Å²) in [5.74, 6) is 1.71. The molecule has 0 bridgehead atoms. The molecule has 4 rings (SSSR count). The van der Waals surface area contributed by atoms with E-state index >= 15 is 0 Å². The van der Waals surface area contributed by atoms with Crippen LogP contribution in [0.25, 0.3) is 11.1 Å². The Bertz CT molecular complexity index is 1240. The molecule has 0 aromatic heterocycles. The van der Waals surface area contributed by atoms with Crippen LogP contribution in [0.5, 0.6) is 5.75 Å². The highest BCUT2D eigenvalue weighted by atomic mass is 35.5. The molecule has 34 heavy (non-hydrogen) atoms. The highest BCUT2D eigenvalue weighted by molar-refractivity contribution is 7.99. The fourth-order valence-corrected chi connectivity index (χ4v) is 4.57. The van der Waals surface area contributed by atoms with Crippen LogP contribution < -0.4 is 10.1 Å². The minimum atomic E-state index is -0.0775. The molecule has 0 atom stereocenters. The molecule has 5 heteroatoms. The van der Waals surface area contributed by atoms with E-state index in [1.807, 2.05) is 78.9 Å². The third kappa shape index (κ3) is 6.43. The second-order valence-corrected chi connectivity index (χ2v) is 9.51. The van der Waals surface area contributed by atoms with E-state index in [2.05, 4.69) is 24.4 Å². The third-order valence-corrected chi connectivity index (χ3v) is 6.47. The molecule has 172 valence electrons. The summed E-state index contributed by atoms with van der Waals surface area (Å²) >= 11 is 8.42. The largest absolute Gasteiger partial charge is 0.488 e. The number of anilines is 1. The van der Waals surface area contributed by atoms with Gasteiger partial charge in [-0.3, -0.25) is 4.79 Å². The van der Waals surface area contributed by atoms with Crippen molar-refractivity contribution in [3.8, 4) is 16.9 Å². The first kappa shape index (κ1) is 23.9. The van der Waals surface area contributed by atoms with Crippen molar-refractivity contribution in [2.75, 3.05) is 11.1 Å². The van der Waals surface area contributed by atoms with Gasteiger partial charge in [-0.2, -0.15) is 0 Å². The van der Waals surface area contributed by atoms with Crippen LogP contribution in [0.15, 0.2) is 102 Å². The maximum atomic E-state index is 12.6. The van der Waals surface area contributed by atoms with Crippen LogP contribution in [0.3, 0.4) is 0 Å². The molecular weight excluding hydrogens is 462 g/mol. The van der Waals surface area contributed by atoms with Gasteiger partial charge in [0, 0.05) is 21.7 Å². The van der Waals surface area contributed by atoms with Crippen molar-refractivity contribution in [3.63, 3.8) is 0 Å². The molecule has 0 radical (unpaired) electrons. The zero-order valence-electron chi connectivity index (χ0n) is 19.0. The van der Waals surface area contributed by atoms with Crippen molar-refractivity contribution in [1.29, 1.82) is 0 Å². The van der Waals surface area contributed by atoms with Crippen molar-refractivity contribution in [2.24, 2.45) is 0 Å². The van der Waals surface area contributed by atoms with Crippen molar-refractivity contribution in [2.45, 2.75) is 24.8 Å². The molecule has 1 N–H and O–H groups in total. The zero-order chi connectivity index (χ0) is 23.8. The maximum Gasteiger partial charge on any atom is 0.228 e. The Hall–Kier alpha value is -3.21. The molecule has 0 saturated carbocycles. The highest BCUT2D eigenvalue weighted by Crippen LogP contribution is 2.36. The van der Waals surface area contributed by atoms with Gasteiger partial charge in [0.25, 0.3) is 0 Å². The molecule has 0 aliphatic carbocycles. The molecule has 0 fully saturated rings. The van der Waals surface area contributed by atoms with Gasteiger partial charge in [0.15, 0.2) is 0 Å². The van der Waals surface area contributed by atoms with E-state index in [-0.39, 0.29) is 5.91 Å². The average molecular weight is 488 g/mol. The smallest absolute Gasteiger partial charge is 0.228 e. The standard InChI is InChI=1S/C29H26ClNO2S/c1-2-34-24-15-12-21(13-16-24)18-29(32)31-23-14-17-25(27(30)19-23)26-10-6-7-11-28(26)33-20-22-8-4-3-5-9-22/h3-17,19H,2,18,20H2,1H3,(H,31,32). The zero-order valence-corrected chi connectivity index (χ0v) is 20.5. The monoisotopic (exact) mass is 487 g/mol. The predicted molar refractivity (Wildman–Crippen MR) is 143 cm³/mol. The maximum absolute atomic E-state index is 12.6. The molecular formula is C29H26ClNO2S. The number of rotatable bonds is 9. The molecule has 4 aromatic carbocycles.